The van der Waals surface area contributed by atoms with Crippen molar-refractivity contribution in [3.05, 3.63) is 0 Å². The predicted molar refractivity (Wildman–Crippen MR) is 30.7 cm³/mol. The molecule has 1 unspecified atom stereocenters. The number of carboxylic acid groups (broad SMARTS) is 1. The minimum atomic E-state index is -1.20. The van der Waals surface area contributed by atoms with Crippen LogP contribution in [0.3, 0.4) is 0 Å². The van der Waals surface area contributed by atoms with Gasteiger partial charge in [-0.3, -0.25) is 4.57 Å². The predicted octanol–water partition coefficient (Wildman–Crippen LogP) is 0.725. The maximum absolute atomic E-state index is 9.99. The molecule has 0 bridgehead atoms. The van der Waals surface area contributed by atoms with Gasteiger partial charge in [-0.1, -0.05) is 0 Å². The highest BCUT2D eigenvalue weighted by atomic mass is 31.1. The second-order valence-corrected chi connectivity index (χ2v) is 1.93. The van der Waals surface area contributed by atoms with Crippen LogP contribution < -0.4 is 0 Å². The molecule has 0 aliphatic carbocycles. The lowest BCUT2D eigenvalue weighted by Crippen LogP contribution is -2.16. The summed E-state index contributed by atoms with van der Waals surface area (Å²) in [6.45, 7) is 1.90. The fourth-order valence-corrected chi connectivity index (χ4v) is 0.605. The monoisotopic (exact) mass is 150 g/mol. The Hall–Kier alpha value is -0.470. The molecule has 0 spiro atoms. The molecular weight excluding hydrogens is 143 g/mol. The average Bonchev–Trinajstić information content (AvgIpc) is 1.82. The third-order valence-corrected chi connectivity index (χ3v) is 1.19. The maximum Gasteiger partial charge on any atom is 0.345 e. The molecule has 0 amide bonds. The van der Waals surface area contributed by atoms with E-state index in [1.165, 1.54) is 0 Å². The van der Waals surface area contributed by atoms with Crippen molar-refractivity contribution >= 4 is 14.4 Å². The highest BCUT2D eigenvalue weighted by molar-refractivity contribution is 7.26. The van der Waals surface area contributed by atoms with Gasteiger partial charge in [0.05, 0.1) is 0 Å². The van der Waals surface area contributed by atoms with Gasteiger partial charge in [-0.2, -0.15) is 0 Å². The van der Waals surface area contributed by atoms with Crippen molar-refractivity contribution in [3.63, 3.8) is 0 Å². The Morgan fingerprint density at radius 2 is 2.44 bits per heavy atom. The summed E-state index contributed by atoms with van der Waals surface area (Å²) < 4.78 is 14.5. The van der Waals surface area contributed by atoms with Crippen molar-refractivity contribution in [2.75, 3.05) is 6.61 Å². The summed E-state index contributed by atoms with van der Waals surface area (Å²) in [5, 5.41) is 8.17. The van der Waals surface area contributed by atoms with E-state index in [2.05, 4.69) is 4.74 Å². The summed E-state index contributed by atoms with van der Waals surface area (Å²) in [6, 6.07) is 0. The van der Waals surface area contributed by atoms with Gasteiger partial charge in [-0.15, -0.1) is 0 Å². The molecule has 1 atom stereocenters. The smallest absolute Gasteiger partial charge is 0.345 e. The van der Waals surface area contributed by atoms with Gasteiger partial charge in [0.1, 0.15) is 0 Å². The molecule has 0 aromatic carbocycles. The van der Waals surface area contributed by atoms with Crippen LogP contribution in [0.15, 0.2) is 0 Å². The van der Waals surface area contributed by atoms with Crippen LogP contribution in [0, 0.1) is 0 Å². The topological polar surface area (TPSA) is 63.6 Å². The zero-order valence-corrected chi connectivity index (χ0v) is 5.80. The normalized spacial score (nSPS) is 13.4. The van der Waals surface area contributed by atoms with Crippen LogP contribution >= 0.6 is 8.46 Å². The first-order chi connectivity index (χ1) is 4.22. The number of ether oxygens (including phenoxy) is 1. The SMILES string of the molecule is CCOC(P=O)C(=O)O. The lowest BCUT2D eigenvalue weighted by atomic mass is 10.7. The summed E-state index contributed by atoms with van der Waals surface area (Å²) in [5.41, 5.74) is 0. The summed E-state index contributed by atoms with van der Waals surface area (Å²) >= 11 is 0. The highest BCUT2D eigenvalue weighted by Crippen LogP contribution is 2.06. The molecule has 5 heteroatoms. The fraction of sp³-hybridized carbons (Fsp3) is 0.750. The quantitative estimate of drug-likeness (QED) is 0.600. The Morgan fingerprint density at radius 1 is 1.89 bits per heavy atom. The Balaban J connectivity index is 3.68. The molecule has 52 valence electrons. The number of hydrogen-bond donors (Lipinski definition) is 1. The van der Waals surface area contributed by atoms with Crippen molar-refractivity contribution < 1.29 is 19.2 Å². The molecule has 0 saturated heterocycles. The molecule has 0 radical (unpaired) electrons. The van der Waals surface area contributed by atoms with Crippen LogP contribution in [0.25, 0.3) is 0 Å². The molecule has 0 heterocycles. The largest absolute Gasteiger partial charge is 0.479 e. The summed E-state index contributed by atoms with van der Waals surface area (Å²) in [4.78, 5) is 9.99. The lowest BCUT2D eigenvalue weighted by Gasteiger charge is -2.00. The van der Waals surface area contributed by atoms with Crippen LogP contribution in [-0.2, 0) is 14.1 Å². The molecule has 0 fully saturated rings. The molecular formula is C4H7O4P. The number of carboxylic acids is 1. The fourth-order valence-electron chi connectivity index (χ4n) is 0.305. The maximum atomic E-state index is 9.99. The minimum absolute atomic E-state index is 0.256. The van der Waals surface area contributed by atoms with E-state index in [0.29, 0.717) is 0 Å². The van der Waals surface area contributed by atoms with E-state index in [1.807, 2.05) is 0 Å². The van der Waals surface area contributed by atoms with Crippen LogP contribution in [0.2, 0.25) is 0 Å². The van der Waals surface area contributed by atoms with Crippen molar-refractivity contribution in [3.8, 4) is 0 Å². The van der Waals surface area contributed by atoms with Gasteiger partial charge in [-0.25, -0.2) is 4.79 Å². The summed E-state index contributed by atoms with van der Waals surface area (Å²) in [7, 11) is -0.502. The lowest BCUT2D eigenvalue weighted by molar-refractivity contribution is -0.144. The molecule has 0 aromatic rings. The molecule has 0 aliphatic rings. The van der Waals surface area contributed by atoms with E-state index in [4.69, 9.17) is 5.11 Å². The molecule has 4 nitrogen and oxygen atoms in total. The zero-order valence-electron chi connectivity index (χ0n) is 4.90. The van der Waals surface area contributed by atoms with E-state index < -0.39 is 20.3 Å². The van der Waals surface area contributed by atoms with E-state index in [9.17, 15) is 9.36 Å². The van der Waals surface area contributed by atoms with Crippen LogP contribution in [0.1, 0.15) is 6.92 Å². The molecule has 0 rings (SSSR count). The molecule has 9 heavy (non-hydrogen) atoms. The summed E-state index contributed by atoms with van der Waals surface area (Å²) in [6.07, 6.45) is 0. The second kappa shape index (κ2) is 4.41. The molecule has 0 aliphatic heterocycles. The molecule has 1 N–H and O–H groups in total. The number of aliphatic carboxylic acids is 1. The third kappa shape index (κ3) is 3.16. The van der Waals surface area contributed by atoms with Crippen molar-refractivity contribution in [1.82, 2.24) is 0 Å². The van der Waals surface area contributed by atoms with E-state index in [-0.39, 0.29) is 6.61 Å². The van der Waals surface area contributed by atoms with Gasteiger partial charge in [0.15, 0.2) is 8.46 Å². The van der Waals surface area contributed by atoms with Crippen molar-refractivity contribution in [2.45, 2.75) is 12.8 Å². The Bertz CT molecular complexity index is 113. The van der Waals surface area contributed by atoms with Gasteiger partial charge >= 0.3 is 5.97 Å². The van der Waals surface area contributed by atoms with Gasteiger partial charge in [-0.05, 0) is 6.92 Å². The number of carbonyl (C=O) groups is 1. The zero-order chi connectivity index (χ0) is 7.28. The number of hydrogen-bond acceptors (Lipinski definition) is 3. The Morgan fingerprint density at radius 3 is 2.56 bits per heavy atom. The van der Waals surface area contributed by atoms with Gasteiger partial charge in [0, 0.05) is 6.61 Å². The Labute approximate surface area is 54.0 Å². The first-order valence-electron chi connectivity index (χ1n) is 2.39. The summed E-state index contributed by atoms with van der Waals surface area (Å²) in [5.74, 6) is -2.40. The van der Waals surface area contributed by atoms with Crippen LogP contribution in [0.4, 0.5) is 0 Å². The molecule has 0 saturated carbocycles. The first-order valence-corrected chi connectivity index (χ1v) is 3.27. The van der Waals surface area contributed by atoms with Crippen LogP contribution in [-0.4, -0.2) is 23.5 Å². The molecule has 0 aromatic heterocycles. The second-order valence-electron chi connectivity index (χ2n) is 1.25. The average molecular weight is 150 g/mol. The number of rotatable bonds is 4. The van der Waals surface area contributed by atoms with E-state index >= 15 is 0 Å². The van der Waals surface area contributed by atoms with Gasteiger partial charge in [0.25, 0.3) is 0 Å². The van der Waals surface area contributed by atoms with Crippen LogP contribution in [0.5, 0.6) is 0 Å². The van der Waals surface area contributed by atoms with Gasteiger partial charge < -0.3 is 9.84 Å². The Kier molecular flexibility index (Phi) is 4.18. The van der Waals surface area contributed by atoms with Gasteiger partial charge in [0.2, 0.25) is 5.85 Å². The van der Waals surface area contributed by atoms with E-state index in [0.717, 1.165) is 0 Å². The highest BCUT2D eigenvalue weighted by Gasteiger charge is 2.16. The minimum Gasteiger partial charge on any atom is -0.479 e. The third-order valence-electron chi connectivity index (χ3n) is 0.632. The van der Waals surface area contributed by atoms with Crippen molar-refractivity contribution in [2.24, 2.45) is 0 Å². The van der Waals surface area contributed by atoms with E-state index in [1.54, 1.807) is 6.92 Å². The standard InChI is InChI=1S/C4H7O4P/c1-2-8-4(9-7)3(5)6/h4H,2H2,1H3,(H,5,6). The van der Waals surface area contributed by atoms with Crippen molar-refractivity contribution in [1.29, 1.82) is 0 Å². The first kappa shape index (κ1) is 8.53.